The van der Waals surface area contributed by atoms with Crippen LogP contribution in [0, 0.1) is 0 Å². The van der Waals surface area contributed by atoms with Gasteiger partial charge in [-0.05, 0) is 26.0 Å². The number of aromatic nitrogens is 1. The lowest BCUT2D eigenvalue weighted by atomic mass is 10.1. The third kappa shape index (κ3) is 4.68. The monoisotopic (exact) mass is 369 g/mol. The van der Waals surface area contributed by atoms with E-state index in [1.165, 1.54) is 21.9 Å². The molecule has 132 valence electrons. The average molecular weight is 370 g/mol. The zero-order valence-electron chi connectivity index (χ0n) is 14.3. The van der Waals surface area contributed by atoms with Crippen LogP contribution in [0.25, 0.3) is 11.3 Å². The maximum atomic E-state index is 11.8. The molecule has 0 saturated heterocycles. The van der Waals surface area contributed by atoms with Crippen LogP contribution in [-0.2, 0) is 14.8 Å². The number of rotatable bonds is 8. The predicted molar refractivity (Wildman–Crippen MR) is 100 cm³/mol. The lowest BCUT2D eigenvalue weighted by molar-refractivity contribution is 0.190. The van der Waals surface area contributed by atoms with Crippen LogP contribution >= 0.6 is 11.3 Å². The van der Waals surface area contributed by atoms with Crippen molar-refractivity contribution in [2.45, 2.75) is 19.9 Å². The molecule has 1 atom stereocenters. The van der Waals surface area contributed by atoms with Gasteiger partial charge in [-0.2, -0.15) is 0 Å². The standard InChI is InChI=1S/C16H23N3O3S2/c1-5-19(24(4,20)21)14-8-6-13(7-9-14)15-11-23-16(18-15)17-12(2)10-22-3/h6-9,11-12H,5,10H2,1-4H3,(H,17,18)/t12-/m1/s1. The van der Waals surface area contributed by atoms with Gasteiger partial charge in [-0.15, -0.1) is 11.3 Å². The molecule has 0 unspecified atom stereocenters. The molecule has 0 bridgehead atoms. The van der Waals surface area contributed by atoms with Crippen LogP contribution in [-0.4, -0.2) is 46.0 Å². The van der Waals surface area contributed by atoms with Crippen LogP contribution < -0.4 is 9.62 Å². The van der Waals surface area contributed by atoms with E-state index in [0.717, 1.165) is 16.4 Å². The number of hydrogen-bond acceptors (Lipinski definition) is 6. The second-order valence-corrected chi connectivity index (χ2v) is 8.28. The van der Waals surface area contributed by atoms with Gasteiger partial charge in [-0.25, -0.2) is 13.4 Å². The highest BCUT2D eigenvalue weighted by Gasteiger charge is 2.15. The quantitative estimate of drug-likeness (QED) is 0.774. The zero-order chi connectivity index (χ0) is 17.7. The minimum atomic E-state index is -3.26. The number of benzene rings is 1. The molecule has 0 aliphatic rings. The summed E-state index contributed by atoms with van der Waals surface area (Å²) in [6, 6.07) is 7.57. The molecule has 0 saturated carbocycles. The fourth-order valence-corrected chi connectivity index (χ4v) is 4.19. The molecule has 1 aromatic carbocycles. The van der Waals surface area contributed by atoms with Gasteiger partial charge < -0.3 is 10.1 Å². The minimum absolute atomic E-state index is 0.184. The summed E-state index contributed by atoms with van der Waals surface area (Å²) in [6.07, 6.45) is 1.21. The summed E-state index contributed by atoms with van der Waals surface area (Å²) in [5.74, 6) is 0. The van der Waals surface area contributed by atoms with Crippen LogP contribution in [0.4, 0.5) is 10.8 Å². The summed E-state index contributed by atoms with van der Waals surface area (Å²) in [6.45, 7) is 4.86. The van der Waals surface area contributed by atoms with Crippen LogP contribution in [0.2, 0.25) is 0 Å². The molecular formula is C16H23N3O3S2. The van der Waals surface area contributed by atoms with Gasteiger partial charge in [0.05, 0.1) is 24.2 Å². The van der Waals surface area contributed by atoms with Crippen molar-refractivity contribution in [3.8, 4) is 11.3 Å². The van der Waals surface area contributed by atoms with E-state index in [9.17, 15) is 8.42 Å². The zero-order valence-corrected chi connectivity index (χ0v) is 15.9. The van der Waals surface area contributed by atoms with Crippen LogP contribution in [0.3, 0.4) is 0 Å². The Morgan fingerprint density at radius 1 is 1.33 bits per heavy atom. The lowest BCUT2D eigenvalue weighted by Gasteiger charge is -2.20. The minimum Gasteiger partial charge on any atom is -0.383 e. The van der Waals surface area contributed by atoms with E-state index >= 15 is 0 Å². The van der Waals surface area contributed by atoms with E-state index in [4.69, 9.17) is 4.74 Å². The van der Waals surface area contributed by atoms with Crippen molar-refractivity contribution in [1.29, 1.82) is 0 Å². The number of thiazole rings is 1. The van der Waals surface area contributed by atoms with Crippen molar-refractivity contribution >= 4 is 32.2 Å². The summed E-state index contributed by atoms with van der Waals surface area (Å²) in [5.41, 5.74) is 2.47. The fourth-order valence-electron chi connectivity index (χ4n) is 2.38. The molecule has 1 heterocycles. The Labute approximate surface area is 147 Å². The smallest absolute Gasteiger partial charge is 0.232 e. The third-order valence-electron chi connectivity index (χ3n) is 3.43. The predicted octanol–water partition coefficient (Wildman–Crippen LogP) is 3.04. The highest BCUT2D eigenvalue weighted by molar-refractivity contribution is 7.92. The van der Waals surface area contributed by atoms with Gasteiger partial charge in [0.1, 0.15) is 0 Å². The Bertz CT molecular complexity index is 757. The number of nitrogens with zero attached hydrogens (tertiary/aromatic N) is 2. The van der Waals surface area contributed by atoms with E-state index < -0.39 is 10.0 Å². The van der Waals surface area contributed by atoms with Crippen molar-refractivity contribution in [1.82, 2.24) is 4.98 Å². The molecular weight excluding hydrogens is 346 g/mol. The fraction of sp³-hybridized carbons (Fsp3) is 0.438. The van der Waals surface area contributed by atoms with Crippen LogP contribution in [0.5, 0.6) is 0 Å². The first-order chi connectivity index (χ1) is 11.3. The topological polar surface area (TPSA) is 71.5 Å². The molecule has 1 N–H and O–H groups in total. The lowest BCUT2D eigenvalue weighted by Crippen LogP contribution is -2.29. The van der Waals surface area contributed by atoms with Gasteiger partial charge in [0, 0.05) is 30.6 Å². The first-order valence-electron chi connectivity index (χ1n) is 7.64. The van der Waals surface area contributed by atoms with Crippen molar-refractivity contribution in [3.63, 3.8) is 0 Å². The van der Waals surface area contributed by atoms with Gasteiger partial charge >= 0.3 is 0 Å². The molecule has 6 nitrogen and oxygen atoms in total. The van der Waals surface area contributed by atoms with Gasteiger partial charge in [0.25, 0.3) is 0 Å². The Morgan fingerprint density at radius 3 is 2.54 bits per heavy atom. The molecule has 0 radical (unpaired) electrons. The average Bonchev–Trinajstić information content (AvgIpc) is 2.96. The molecule has 8 heteroatoms. The Balaban J connectivity index is 2.15. The summed E-state index contributed by atoms with van der Waals surface area (Å²) < 4.78 is 30.0. The first kappa shape index (κ1) is 18.7. The van der Waals surface area contributed by atoms with Crippen molar-refractivity contribution in [2.24, 2.45) is 0 Å². The van der Waals surface area contributed by atoms with E-state index in [-0.39, 0.29) is 6.04 Å². The maximum Gasteiger partial charge on any atom is 0.232 e. The summed E-state index contributed by atoms with van der Waals surface area (Å²) >= 11 is 1.53. The summed E-state index contributed by atoms with van der Waals surface area (Å²) in [7, 11) is -1.59. The normalized spacial score (nSPS) is 12.8. The number of anilines is 2. The van der Waals surface area contributed by atoms with Crippen molar-refractivity contribution in [3.05, 3.63) is 29.6 Å². The Morgan fingerprint density at radius 2 is 2.00 bits per heavy atom. The number of sulfonamides is 1. The molecule has 0 aliphatic heterocycles. The number of hydrogen-bond donors (Lipinski definition) is 1. The van der Waals surface area contributed by atoms with Gasteiger partial charge in [0.15, 0.2) is 5.13 Å². The van der Waals surface area contributed by atoms with E-state index in [2.05, 4.69) is 10.3 Å². The molecule has 0 amide bonds. The molecule has 24 heavy (non-hydrogen) atoms. The number of ether oxygens (including phenoxy) is 1. The van der Waals surface area contributed by atoms with Crippen molar-refractivity contribution < 1.29 is 13.2 Å². The van der Waals surface area contributed by atoms with E-state index in [1.54, 1.807) is 19.2 Å². The first-order valence-corrected chi connectivity index (χ1v) is 10.4. The van der Waals surface area contributed by atoms with Gasteiger partial charge in [0.2, 0.25) is 10.0 Å². The van der Waals surface area contributed by atoms with Gasteiger partial charge in [-0.3, -0.25) is 4.31 Å². The molecule has 2 rings (SSSR count). The molecule has 0 spiro atoms. The largest absolute Gasteiger partial charge is 0.383 e. The van der Waals surface area contributed by atoms with Crippen LogP contribution in [0.15, 0.2) is 29.6 Å². The number of methoxy groups -OCH3 is 1. The highest BCUT2D eigenvalue weighted by Crippen LogP contribution is 2.27. The maximum absolute atomic E-state index is 11.8. The second-order valence-electron chi connectivity index (χ2n) is 5.51. The SMILES string of the molecule is CCN(c1ccc(-c2csc(N[C@H](C)COC)n2)cc1)S(C)(=O)=O. The summed E-state index contributed by atoms with van der Waals surface area (Å²) in [5, 5.41) is 6.10. The second kappa shape index (κ2) is 7.96. The highest BCUT2D eigenvalue weighted by atomic mass is 32.2. The third-order valence-corrected chi connectivity index (χ3v) is 5.47. The van der Waals surface area contributed by atoms with E-state index in [1.807, 2.05) is 31.4 Å². The van der Waals surface area contributed by atoms with E-state index in [0.29, 0.717) is 18.8 Å². The molecule has 0 fully saturated rings. The summed E-state index contributed by atoms with van der Waals surface area (Å²) in [4.78, 5) is 4.57. The molecule has 0 aliphatic carbocycles. The van der Waals surface area contributed by atoms with Gasteiger partial charge in [-0.1, -0.05) is 12.1 Å². The Hall–Kier alpha value is -1.64. The molecule has 1 aromatic heterocycles. The van der Waals surface area contributed by atoms with Crippen LogP contribution in [0.1, 0.15) is 13.8 Å². The Kier molecular flexibility index (Phi) is 6.20. The number of nitrogens with one attached hydrogen (secondary N) is 1. The van der Waals surface area contributed by atoms with Crippen molar-refractivity contribution in [2.75, 3.05) is 36.1 Å². The molecule has 2 aromatic rings.